The van der Waals surface area contributed by atoms with E-state index in [9.17, 15) is 13.6 Å². The Morgan fingerprint density at radius 1 is 1.32 bits per heavy atom. The van der Waals surface area contributed by atoms with Crippen LogP contribution >= 0.6 is 0 Å². The van der Waals surface area contributed by atoms with Crippen LogP contribution in [-0.4, -0.2) is 49.6 Å². The standard InChI is InChI=1S/C15H13F2N5O3/c16-9-1-7(21-5-8(4-19-20-18)24-14(21)23)2-10(17)13(9)22-6-12-15(22)3-11(15)25-12/h1-2,8,11-12H,3-6H2/t8-,11?,12?,15?/m0/s1. The zero-order chi connectivity index (χ0) is 17.3. The lowest BCUT2D eigenvalue weighted by molar-refractivity contribution is -0.116. The van der Waals surface area contributed by atoms with Crippen molar-refractivity contribution in [3.8, 4) is 0 Å². The molecule has 3 saturated heterocycles. The first-order valence-corrected chi connectivity index (χ1v) is 7.96. The summed E-state index contributed by atoms with van der Waals surface area (Å²) in [6.45, 7) is 0.520. The molecule has 1 amide bonds. The molecule has 8 nitrogen and oxygen atoms in total. The molecule has 0 radical (unpaired) electrons. The summed E-state index contributed by atoms with van der Waals surface area (Å²) in [6, 6.07) is 2.27. The monoisotopic (exact) mass is 349 g/mol. The molecule has 1 spiro atoms. The van der Waals surface area contributed by atoms with Crippen molar-refractivity contribution in [3.05, 3.63) is 34.2 Å². The van der Waals surface area contributed by atoms with Crippen LogP contribution in [0, 0.1) is 11.6 Å². The summed E-state index contributed by atoms with van der Waals surface area (Å²) in [4.78, 5) is 17.4. The molecule has 1 aliphatic carbocycles. The summed E-state index contributed by atoms with van der Waals surface area (Å²) in [5.74, 6) is -1.43. The lowest BCUT2D eigenvalue weighted by Gasteiger charge is -2.56. The average molecular weight is 349 g/mol. The number of carbonyl (C=O) groups excluding carboxylic acids is 1. The minimum absolute atomic E-state index is 0.0269. The zero-order valence-corrected chi connectivity index (χ0v) is 12.9. The van der Waals surface area contributed by atoms with E-state index >= 15 is 0 Å². The number of carbonyl (C=O) groups is 1. The highest BCUT2D eigenvalue weighted by Gasteiger charge is 2.80. The van der Waals surface area contributed by atoms with Gasteiger partial charge in [0.2, 0.25) is 0 Å². The molecule has 4 atom stereocenters. The van der Waals surface area contributed by atoms with Crippen molar-refractivity contribution in [2.24, 2.45) is 5.11 Å². The normalized spacial score (nSPS) is 34.3. The van der Waals surface area contributed by atoms with E-state index in [1.807, 2.05) is 0 Å². The van der Waals surface area contributed by atoms with Gasteiger partial charge in [0, 0.05) is 30.0 Å². The maximum absolute atomic E-state index is 14.6. The Bertz CT molecular complexity index is 821. The minimum atomic E-state index is -0.720. The Labute approximate surface area is 140 Å². The highest BCUT2D eigenvalue weighted by molar-refractivity contribution is 5.90. The Kier molecular flexibility index (Phi) is 2.79. The van der Waals surface area contributed by atoms with Crippen LogP contribution in [0.4, 0.5) is 25.0 Å². The number of hydrogen-bond acceptors (Lipinski definition) is 5. The predicted molar refractivity (Wildman–Crippen MR) is 81.3 cm³/mol. The number of amides is 1. The largest absolute Gasteiger partial charge is 0.444 e. The number of rotatable bonds is 4. The molecule has 1 aromatic carbocycles. The molecule has 0 bridgehead atoms. The van der Waals surface area contributed by atoms with E-state index in [4.69, 9.17) is 15.0 Å². The predicted octanol–water partition coefficient (Wildman–Crippen LogP) is 2.33. The van der Waals surface area contributed by atoms with Crippen molar-refractivity contribution in [2.75, 3.05) is 29.4 Å². The Morgan fingerprint density at radius 2 is 2.08 bits per heavy atom. The van der Waals surface area contributed by atoms with Crippen molar-refractivity contribution in [1.29, 1.82) is 0 Å². The zero-order valence-electron chi connectivity index (χ0n) is 12.9. The molecular weight excluding hydrogens is 336 g/mol. The SMILES string of the molecule is [N-]=[N+]=NC[C@H]1CN(c2cc(F)c(N3CC4OC5CC453)c(F)c2)C(=O)O1. The van der Waals surface area contributed by atoms with E-state index in [1.165, 1.54) is 0 Å². The lowest BCUT2D eigenvalue weighted by atomic mass is 9.90. The van der Waals surface area contributed by atoms with Gasteiger partial charge in [0.1, 0.15) is 17.9 Å². The van der Waals surface area contributed by atoms with Crippen LogP contribution in [0.1, 0.15) is 6.42 Å². The molecule has 10 heteroatoms. The van der Waals surface area contributed by atoms with Crippen LogP contribution in [0.15, 0.2) is 17.2 Å². The fourth-order valence-electron chi connectivity index (χ4n) is 4.09. The second-order valence-electron chi connectivity index (χ2n) is 6.71. The van der Waals surface area contributed by atoms with E-state index in [-0.39, 0.29) is 42.2 Å². The van der Waals surface area contributed by atoms with Crippen molar-refractivity contribution in [3.63, 3.8) is 0 Å². The van der Waals surface area contributed by atoms with Gasteiger partial charge in [-0.3, -0.25) is 4.90 Å². The van der Waals surface area contributed by atoms with Crippen LogP contribution in [0.5, 0.6) is 0 Å². The van der Waals surface area contributed by atoms with Gasteiger partial charge in [0.25, 0.3) is 0 Å². The van der Waals surface area contributed by atoms with E-state index in [1.54, 1.807) is 4.90 Å². The van der Waals surface area contributed by atoms with Gasteiger partial charge in [0.15, 0.2) is 11.6 Å². The molecule has 130 valence electrons. The van der Waals surface area contributed by atoms with Gasteiger partial charge in [0.05, 0.1) is 30.4 Å². The number of nitrogens with zero attached hydrogens (tertiary/aromatic N) is 5. The molecule has 3 aliphatic heterocycles. The Balaban J connectivity index is 1.40. The van der Waals surface area contributed by atoms with E-state index in [2.05, 4.69) is 10.0 Å². The van der Waals surface area contributed by atoms with Gasteiger partial charge >= 0.3 is 6.09 Å². The summed E-state index contributed by atoms with van der Waals surface area (Å²) in [6.07, 6.45) is -0.395. The molecule has 25 heavy (non-hydrogen) atoms. The smallest absolute Gasteiger partial charge is 0.414 e. The minimum Gasteiger partial charge on any atom is -0.444 e. The van der Waals surface area contributed by atoms with Crippen molar-refractivity contribution in [1.82, 2.24) is 0 Å². The second-order valence-corrected chi connectivity index (χ2v) is 6.71. The average Bonchev–Trinajstić information content (AvgIpc) is 3.14. The summed E-state index contributed by atoms with van der Waals surface area (Å²) in [5.41, 5.74) is 8.12. The van der Waals surface area contributed by atoms with Crippen LogP contribution in [0.2, 0.25) is 0 Å². The van der Waals surface area contributed by atoms with E-state index in [0.717, 1.165) is 23.5 Å². The Hall–Kier alpha value is -2.58. The molecule has 1 saturated carbocycles. The number of cyclic esters (lactones) is 1. The van der Waals surface area contributed by atoms with Crippen LogP contribution in [0.3, 0.4) is 0 Å². The van der Waals surface area contributed by atoms with Crippen molar-refractivity contribution >= 4 is 17.5 Å². The molecule has 0 aromatic heterocycles. The first-order chi connectivity index (χ1) is 12.0. The van der Waals surface area contributed by atoms with Crippen LogP contribution < -0.4 is 9.80 Å². The maximum atomic E-state index is 14.6. The molecule has 0 N–H and O–H groups in total. The highest BCUT2D eigenvalue weighted by Crippen LogP contribution is 2.65. The third-order valence-corrected chi connectivity index (χ3v) is 5.45. The number of ether oxygens (including phenoxy) is 2. The molecule has 4 fully saturated rings. The summed E-state index contributed by atoms with van der Waals surface area (Å²) < 4.78 is 39.8. The number of benzene rings is 1. The molecular formula is C15H13F2N5O3. The summed E-state index contributed by atoms with van der Waals surface area (Å²) in [7, 11) is 0. The lowest BCUT2D eigenvalue weighted by Crippen LogP contribution is -2.72. The number of azide groups is 1. The molecule has 5 rings (SSSR count). The number of anilines is 2. The van der Waals surface area contributed by atoms with Crippen LogP contribution in [-0.2, 0) is 9.47 Å². The molecule has 1 aromatic rings. The van der Waals surface area contributed by atoms with Gasteiger partial charge in [-0.25, -0.2) is 13.6 Å². The van der Waals surface area contributed by atoms with Gasteiger partial charge < -0.3 is 14.4 Å². The maximum Gasteiger partial charge on any atom is 0.414 e. The first-order valence-electron chi connectivity index (χ1n) is 7.96. The van der Waals surface area contributed by atoms with Gasteiger partial charge in [-0.2, -0.15) is 0 Å². The fourth-order valence-corrected chi connectivity index (χ4v) is 4.09. The van der Waals surface area contributed by atoms with E-state index < -0.39 is 23.8 Å². The van der Waals surface area contributed by atoms with Gasteiger partial charge in [-0.15, -0.1) is 0 Å². The highest BCUT2D eigenvalue weighted by atomic mass is 19.1. The number of morpholine rings is 1. The molecule has 3 heterocycles. The number of halogens is 2. The van der Waals surface area contributed by atoms with Crippen LogP contribution in [0.25, 0.3) is 10.4 Å². The Morgan fingerprint density at radius 3 is 2.68 bits per heavy atom. The quantitative estimate of drug-likeness (QED) is 0.474. The third kappa shape index (κ3) is 1.83. The topological polar surface area (TPSA) is 90.8 Å². The molecule has 4 aliphatic rings. The third-order valence-electron chi connectivity index (χ3n) is 5.45. The van der Waals surface area contributed by atoms with Gasteiger partial charge in [-0.05, 0) is 5.53 Å². The van der Waals surface area contributed by atoms with Crippen molar-refractivity contribution in [2.45, 2.75) is 30.3 Å². The van der Waals surface area contributed by atoms with E-state index in [0.29, 0.717) is 6.54 Å². The van der Waals surface area contributed by atoms with Crippen molar-refractivity contribution < 1.29 is 23.0 Å². The fraction of sp³-hybridized carbons (Fsp3) is 0.533. The number of hydrogen-bond donors (Lipinski definition) is 0. The molecule has 3 unspecified atom stereocenters. The van der Waals surface area contributed by atoms with Gasteiger partial charge in [-0.1, -0.05) is 5.11 Å². The summed E-state index contributed by atoms with van der Waals surface area (Å²) in [5, 5.41) is 3.35. The first kappa shape index (κ1) is 14.7. The second kappa shape index (κ2) is 4.74. The summed E-state index contributed by atoms with van der Waals surface area (Å²) >= 11 is 0.